The number of allylic oxidation sites excluding steroid dienone is 1. The van der Waals surface area contributed by atoms with Crippen LogP contribution >= 0.6 is 0 Å². The highest BCUT2D eigenvalue weighted by Crippen LogP contribution is 2.39. The fourth-order valence-electron chi connectivity index (χ4n) is 3.29. The fourth-order valence-corrected chi connectivity index (χ4v) is 3.29. The second-order valence-corrected chi connectivity index (χ2v) is 5.81. The van der Waals surface area contributed by atoms with Gasteiger partial charge in [-0.2, -0.15) is 10.4 Å². The van der Waals surface area contributed by atoms with Crippen molar-refractivity contribution >= 4 is 5.57 Å². The maximum atomic E-state index is 9.43. The quantitative estimate of drug-likeness (QED) is 0.855. The number of ether oxygens (including phenoxy) is 2. The molecule has 5 heteroatoms. The van der Waals surface area contributed by atoms with Crippen LogP contribution in [0.1, 0.15) is 30.5 Å². The van der Waals surface area contributed by atoms with Gasteiger partial charge >= 0.3 is 0 Å². The molecule has 2 heterocycles. The van der Waals surface area contributed by atoms with Gasteiger partial charge in [0.1, 0.15) is 6.07 Å². The minimum absolute atomic E-state index is 0.450. The molecule has 0 atom stereocenters. The van der Waals surface area contributed by atoms with Crippen molar-refractivity contribution in [3.63, 3.8) is 0 Å². The molecule has 0 unspecified atom stereocenters. The second kappa shape index (κ2) is 5.65. The van der Waals surface area contributed by atoms with E-state index in [0.29, 0.717) is 25.2 Å². The van der Waals surface area contributed by atoms with Crippen LogP contribution in [0, 0.1) is 11.3 Å². The van der Waals surface area contributed by atoms with E-state index < -0.39 is 5.79 Å². The monoisotopic (exact) mass is 307 g/mol. The lowest BCUT2D eigenvalue weighted by atomic mass is 9.91. The van der Waals surface area contributed by atoms with Crippen molar-refractivity contribution in [2.24, 2.45) is 0 Å². The summed E-state index contributed by atoms with van der Waals surface area (Å²) in [6.45, 7) is 1.32. The lowest BCUT2D eigenvalue weighted by Crippen LogP contribution is -2.31. The van der Waals surface area contributed by atoms with E-state index in [9.17, 15) is 5.26 Å². The zero-order valence-electron chi connectivity index (χ0n) is 12.7. The van der Waals surface area contributed by atoms with Gasteiger partial charge in [-0.3, -0.25) is 0 Å². The van der Waals surface area contributed by atoms with Crippen molar-refractivity contribution in [1.82, 2.24) is 9.78 Å². The molecule has 1 fully saturated rings. The lowest BCUT2D eigenvalue weighted by Gasteiger charge is -2.30. The third-order valence-electron chi connectivity index (χ3n) is 4.44. The van der Waals surface area contributed by atoms with E-state index in [1.165, 1.54) is 0 Å². The Hall–Kier alpha value is -2.42. The Morgan fingerprint density at radius 2 is 1.96 bits per heavy atom. The average Bonchev–Trinajstić information content (AvgIpc) is 3.24. The Morgan fingerprint density at radius 1 is 1.17 bits per heavy atom. The molecule has 1 spiro atoms. The Balaban J connectivity index is 1.73. The summed E-state index contributed by atoms with van der Waals surface area (Å²) in [4.78, 5) is 0. The van der Waals surface area contributed by atoms with Crippen LogP contribution in [-0.4, -0.2) is 28.8 Å². The zero-order valence-corrected chi connectivity index (χ0v) is 12.7. The highest BCUT2D eigenvalue weighted by molar-refractivity contribution is 5.70. The molecule has 1 aromatic carbocycles. The molecular formula is C18H17N3O2. The van der Waals surface area contributed by atoms with Gasteiger partial charge in [0.2, 0.25) is 0 Å². The first-order valence-corrected chi connectivity index (χ1v) is 7.82. The number of hydrogen-bond acceptors (Lipinski definition) is 4. The van der Waals surface area contributed by atoms with Gasteiger partial charge in [0.25, 0.3) is 0 Å². The largest absolute Gasteiger partial charge is 0.347 e. The highest BCUT2D eigenvalue weighted by atomic mass is 16.7. The fraction of sp³-hybridized carbons (Fsp3) is 0.333. The highest BCUT2D eigenvalue weighted by Gasteiger charge is 2.38. The zero-order chi connectivity index (χ0) is 15.7. The van der Waals surface area contributed by atoms with E-state index in [-0.39, 0.29) is 0 Å². The molecule has 5 nitrogen and oxygen atoms in total. The summed E-state index contributed by atoms with van der Waals surface area (Å²) in [5.74, 6) is -0.450. The Labute approximate surface area is 134 Å². The van der Waals surface area contributed by atoms with E-state index in [1.54, 1.807) is 6.20 Å². The maximum absolute atomic E-state index is 9.43. The molecule has 1 aliphatic heterocycles. The molecule has 0 amide bonds. The number of nitriles is 1. The Morgan fingerprint density at radius 3 is 2.61 bits per heavy atom. The molecule has 1 aliphatic carbocycles. The van der Waals surface area contributed by atoms with Crippen LogP contribution in [0.5, 0.6) is 0 Å². The first kappa shape index (κ1) is 14.2. The summed E-state index contributed by atoms with van der Waals surface area (Å²) in [5, 5.41) is 13.8. The minimum Gasteiger partial charge on any atom is -0.347 e. The summed E-state index contributed by atoms with van der Waals surface area (Å²) >= 11 is 0. The molecule has 0 radical (unpaired) electrons. The van der Waals surface area contributed by atoms with Crippen LogP contribution in [0.25, 0.3) is 11.3 Å². The molecule has 2 aliphatic rings. The smallest absolute Gasteiger partial charge is 0.172 e. The van der Waals surface area contributed by atoms with Crippen molar-refractivity contribution in [2.75, 3.05) is 13.2 Å². The molecule has 4 rings (SSSR count). The predicted molar refractivity (Wildman–Crippen MR) is 84.7 cm³/mol. The van der Waals surface area contributed by atoms with Crippen molar-refractivity contribution in [1.29, 1.82) is 5.26 Å². The van der Waals surface area contributed by atoms with Gasteiger partial charge in [-0.05, 0) is 24.1 Å². The van der Waals surface area contributed by atoms with Crippen LogP contribution in [0.15, 0.2) is 42.6 Å². The molecule has 1 saturated heterocycles. The van der Waals surface area contributed by atoms with Crippen molar-refractivity contribution in [2.45, 2.75) is 25.0 Å². The first-order chi connectivity index (χ1) is 11.3. The van der Waals surface area contributed by atoms with Crippen molar-refractivity contribution in [3.05, 3.63) is 53.9 Å². The molecule has 0 bridgehead atoms. The molecule has 1 aromatic heterocycles. The number of rotatable bonds is 2. The molecule has 116 valence electrons. The van der Waals surface area contributed by atoms with Crippen LogP contribution < -0.4 is 0 Å². The van der Waals surface area contributed by atoms with E-state index >= 15 is 0 Å². The van der Waals surface area contributed by atoms with Crippen LogP contribution in [0.2, 0.25) is 0 Å². The second-order valence-electron chi connectivity index (χ2n) is 5.81. The Kier molecular flexibility index (Phi) is 3.49. The number of hydrogen-bond donors (Lipinski definition) is 0. The normalized spacial score (nSPS) is 19.5. The summed E-state index contributed by atoms with van der Waals surface area (Å²) in [6, 6.07) is 12.1. The van der Waals surface area contributed by atoms with Gasteiger partial charge in [0.05, 0.1) is 36.4 Å². The summed E-state index contributed by atoms with van der Waals surface area (Å²) < 4.78 is 13.4. The van der Waals surface area contributed by atoms with Gasteiger partial charge < -0.3 is 9.47 Å². The van der Waals surface area contributed by atoms with E-state index in [4.69, 9.17) is 9.47 Å². The summed E-state index contributed by atoms with van der Waals surface area (Å²) in [6.07, 6.45) is 6.10. The molecule has 23 heavy (non-hydrogen) atoms. The molecule has 0 N–H and O–H groups in total. The standard InChI is InChI=1S/C18H17N3O2/c19-12-15-13-20-21(16-4-2-1-3-5-16)17(15)14-6-8-18(9-7-14)22-10-11-23-18/h1-6,13H,7-11H2. The van der Waals surface area contributed by atoms with Gasteiger partial charge in [-0.15, -0.1) is 0 Å². The SMILES string of the molecule is N#Cc1cnn(-c2ccccc2)c1C1=CCC2(CC1)OCCO2. The van der Waals surface area contributed by atoms with Crippen LogP contribution in [0.3, 0.4) is 0 Å². The topological polar surface area (TPSA) is 60.1 Å². The van der Waals surface area contributed by atoms with E-state index in [1.807, 2.05) is 35.0 Å². The van der Waals surface area contributed by atoms with Crippen molar-refractivity contribution in [3.8, 4) is 11.8 Å². The summed E-state index contributed by atoms with van der Waals surface area (Å²) in [5.41, 5.74) is 3.57. The minimum atomic E-state index is -0.450. The lowest BCUT2D eigenvalue weighted by molar-refractivity contribution is -0.159. The third kappa shape index (κ3) is 2.46. The Bertz CT molecular complexity index is 780. The molecule has 0 saturated carbocycles. The van der Waals surface area contributed by atoms with E-state index in [0.717, 1.165) is 29.8 Å². The predicted octanol–water partition coefficient (Wildman–Crippen LogP) is 3.05. The number of para-hydroxylation sites is 1. The van der Waals surface area contributed by atoms with Crippen LogP contribution in [0.4, 0.5) is 0 Å². The van der Waals surface area contributed by atoms with Gasteiger partial charge in [0.15, 0.2) is 5.79 Å². The van der Waals surface area contributed by atoms with Crippen molar-refractivity contribution < 1.29 is 9.47 Å². The maximum Gasteiger partial charge on any atom is 0.172 e. The first-order valence-electron chi connectivity index (χ1n) is 7.82. The number of aromatic nitrogens is 2. The van der Waals surface area contributed by atoms with Crippen LogP contribution in [-0.2, 0) is 9.47 Å². The molecular weight excluding hydrogens is 290 g/mol. The van der Waals surface area contributed by atoms with Gasteiger partial charge in [0, 0.05) is 12.8 Å². The van der Waals surface area contributed by atoms with Gasteiger partial charge in [-0.25, -0.2) is 4.68 Å². The number of nitrogens with zero attached hydrogens (tertiary/aromatic N) is 3. The third-order valence-corrected chi connectivity index (χ3v) is 4.44. The average molecular weight is 307 g/mol. The summed E-state index contributed by atoms with van der Waals surface area (Å²) in [7, 11) is 0. The number of benzene rings is 1. The molecule has 2 aromatic rings. The van der Waals surface area contributed by atoms with E-state index in [2.05, 4.69) is 17.2 Å². The van der Waals surface area contributed by atoms with Gasteiger partial charge in [-0.1, -0.05) is 24.3 Å².